The molecule has 0 aliphatic rings. The third kappa shape index (κ3) is 4.64. The number of ether oxygens (including phenoxy) is 1. The molecule has 0 bridgehead atoms. The molecule has 8 nitrogen and oxygen atoms in total. The van der Waals surface area contributed by atoms with Gasteiger partial charge in [0.1, 0.15) is 5.52 Å². The lowest BCUT2D eigenvalue weighted by Crippen LogP contribution is -2.18. The standard InChI is InChI=1S/C18H24N5O3P/c1-3-4-8-26-17-21-15(19)14-16(22-17)23(18(24)20-14)10-12-6-5-7-13(9-12)11-27(2)25/h5-7,9,25H,3-4,8,10-11H2,1-2H3,(H,20,24)(H2,19,21,22). The van der Waals surface area contributed by atoms with E-state index in [4.69, 9.17) is 10.5 Å². The quantitative estimate of drug-likeness (QED) is 0.402. The van der Waals surface area contributed by atoms with Gasteiger partial charge in [0, 0.05) is 14.3 Å². The van der Waals surface area contributed by atoms with Gasteiger partial charge in [0.15, 0.2) is 11.5 Å². The SMILES string of the molecule is CCCCOc1nc(N)c2[nH]c(=O)n(Cc3cccc(CP(C)O)c3)c2n1. The van der Waals surface area contributed by atoms with Crippen LogP contribution in [-0.4, -0.2) is 37.7 Å². The molecule has 27 heavy (non-hydrogen) atoms. The molecule has 0 saturated carbocycles. The number of aromatic nitrogens is 4. The van der Waals surface area contributed by atoms with Gasteiger partial charge in [-0.3, -0.25) is 4.57 Å². The van der Waals surface area contributed by atoms with Crippen molar-refractivity contribution in [3.8, 4) is 6.01 Å². The maximum atomic E-state index is 12.4. The summed E-state index contributed by atoms with van der Waals surface area (Å²) in [5.41, 5.74) is 8.48. The smallest absolute Gasteiger partial charge is 0.328 e. The van der Waals surface area contributed by atoms with Gasteiger partial charge in [0.2, 0.25) is 0 Å². The fraction of sp³-hybridized carbons (Fsp3) is 0.389. The normalized spacial score (nSPS) is 12.4. The van der Waals surface area contributed by atoms with Gasteiger partial charge in [0.25, 0.3) is 0 Å². The van der Waals surface area contributed by atoms with E-state index in [1.807, 2.05) is 30.9 Å². The Hall–Kier alpha value is -2.44. The summed E-state index contributed by atoms with van der Waals surface area (Å²) in [6, 6.07) is 7.99. The predicted molar refractivity (Wildman–Crippen MR) is 107 cm³/mol. The molecule has 2 aromatic heterocycles. The van der Waals surface area contributed by atoms with Crippen LogP contribution < -0.4 is 16.2 Å². The topological polar surface area (TPSA) is 119 Å². The van der Waals surface area contributed by atoms with E-state index >= 15 is 0 Å². The van der Waals surface area contributed by atoms with E-state index in [1.54, 1.807) is 0 Å². The molecule has 3 aromatic rings. The largest absolute Gasteiger partial charge is 0.463 e. The number of nitrogens with two attached hydrogens (primary N) is 1. The number of fused-ring (bicyclic) bond motifs is 1. The minimum atomic E-state index is -1.02. The lowest BCUT2D eigenvalue weighted by Gasteiger charge is -2.09. The van der Waals surface area contributed by atoms with Gasteiger partial charge in [-0.2, -0.15) is 9.97 Å². The number of anilines is 1. The molecular formula is C18H24N5O3P. The van der Waals surface area contributed by atoms with Crippen molar-refractivity contribution in [3.63, 3.8) is 0 Å². The van der Waals surface area contributed by atoms with E-state index in [1.165, 1.54) is 4.57 Å². The number of H-pyrrole nitrogens is 1. The van der Waals surface area contributed by atoms with Crippen molar-refractivity contribution in [1.29, 1.82) is 0 Å². The molecule has 0 amide bonds. The second-order valence-electron chi connectivity index (χ2n) is 6.44. The maximum absolute atomic E-state index is 12.4. The molecule has 0 saturated heterocycles. The van der Waals surface area contributed by atoms with Gasteiger partial charge in [0.05, 0.1) is 13.2 Å². The van der Waals surface area contributed by atoms with Crippen LogP contribution in [0.2, 0.25) is 0 Å². The first-order valence-electron chi connectivity index (χ1n) is 8.84. The molecule has 144 valence electrons. The van der Waals surface area contributed by atoms with Gasteiger partial charge in [-0.15, -0.1) is 0 Å². The summed E-state index contributed by atoms with van der Waals surface area (Å²) in [7, 11) is -1.02. The van der Waals surface area contributed by atoms with Crippen LogP contribution in [0, 0.1) is 0 Å². The molecule has 0 aliphatic carbocycles. The fourth-order valence-electron chi connectivity index (χ4n) is 2.82. The zero-order valence-electron chi connectivity index (χ0n) is 15.5. The number of aromatic amines is 1. The fourth-order valence-corrected chi connectivity index (χ4v) is 3.55. The van der Waals surface area contributed by atoms with Gasteiger partial charge >= 0.3 is 11.7 Å². The average molecular weight is 389 g/mol. The van der Waals surface area contributed by atoms with Crippen molar-refractivity contribution in [3.05, 3.63) is 45.9 Å². The van der Waals surface area contributed by atoms with Gasteiger partial charge in [-0.1, -0.05) is 37.6 Å². The third-order valence-electron chi connectivity index (χ3n) is 4.10. The lowest BCUT2D eigenvalue weighted by atomic mass is 10.1. The van der Waals surface area contributed by atoms with Crippen LogP contribution in [0.3, 0.4) is 0 Å². The monoisotopic (exact) mass is 389 g/mol. The first-order chi connectivity index (χ1) is 13.0. The number of hydrogen-bond donors (Lipinski definition) is 3. The number of nitrogens with zero attached hydrogens (tertiary/aromatic N) is 3. The van der Waals surface area contributed by atoms with Gasteiger partial charge < -0.3 is 20.3 Å². The summed E-state index contributed by atoms with van der Waals surface area (Å²) in [5.74, 6) is 0.188. The van der Waals surface area contributed by atoms with Crippen LogP contribution >= 0.6 is 8.15 Å². The van der Waals surface area contributed by atoms with Gasteiger partial charge in [-0.05, 0) is 24.2 Å². The average Bonchev–Trinajstić information content (AvgIpc) is 2.92. The van der Waals surface area contributed by atoms with Crippen molar-refractivity contribution in [2.24, 2.45) is 0 Å². The zero-order chi connectivity index (χ0) is 19.4. The number of unbranched alkanes of at least 4 members (excludes halogenated alkanes) is 1. The predicted octanol–water partition coefficient (Wildman–Crippen LogP) is 2.45. The van der Waals surface area contributed by atoms with E-state index in [-0.39, 0.29) is 17.5 Å². The minimum Gasteiger partial charge on any atom is -0.463 e. The van der Waals surface area contributed by atoms with Crippen molar-refractivity contribution < 1.29 is 9.63 Å². The molecule has 1 unspecified atom stereocenters. The molecule has 2 heterocycles. The van der Waals surface area contributed by atoms with E-state index in [0.29, 0.717) is 30.5 Å². The molecule has 0 aliphatic heterocycles. The van der Waals surface area contributed by atoms with E-state index in [2.05, 4.69) is 21.9 Å². The first kappa shape index (κ1) is 19.3. The van der Waals surface area contributed by atoms with Crippen LogP contribution in [0.25, 0.3) is 11.2 Å². The summed E-state index contributed by atoms with van der Waals surface area (Å²) in [6.45, 7) is 4.72. The number of benzene rings is 1. The van der Waals surface area contributed by atoms with Crippen LogP contribution in [0.5, 0.6) is 6.01 Å². The van der Waals surface area contributed by atoms with Gasteiger partial charge in [-0.25, -0.2) is 4.79 Å². The highest BCUT2D eigenvalue weighted by Crippen LogP contribution is 2.30. The van der Waals surface area contributed by atoms with Crippen LogP contribution in [0.4, 0.5) is 5.82 Å². The second kappa shape index (κ2) is 8.50. The maximum Gasteiger partial charge on any atom is 0.328 e. The highest BCUT2D eigenvalue weighted by Gasteiger charge is 2.15. The number of hydrogen-bond acceptors (Lipinski definition) is 6. The highest BCUT2D eigenvalue weighted by atomic mass is 31.1. The van der Waals surface area contributed by atoms with E-state index in [9.17, 15) is 9.69 Å². The van der Waals surface area contributed by atoms with Crippen molar-refractivity contribution in [2.75, 3.05) is 19.0 Å². The number of rotatable bonds is 8. The Balaban J connectivity index is 1.94. The molecule has 9 heteroatoms. The van der Waals surface area contributed by atoms with Crippen molar-refractivity contribution in [2.45, 2.75) is 32.5 Å². The number of imidazole rings is 1. The summed E-state index contributed by atoms with van der Waals surface area (Å²) >= 11 is 0. The first-order valence-corrected chi connectivity index (χ1v) is 10.8. The number of nitrogen functional groups attached to an aromatic ring is 1. The molecule has 1 aromatic carbocycles. The summed E-state index contributed by atoms with van der Waals surface area (Å²) in [4.78, 5) is 33.3. The van der Waals surface area contributed by atoms with Crippen molar-refractivity contribution in [1.82, 2.24) is 19.5 Å². The minimum absolute atomic E-state index is 0.173. The third-order valence-corrected chi connectivity index (χ3v) is 4.93. The summed E-state index contributed by atoms with van der Waals surface area (Å²) in [5, 5.41) is 0. The molecule has 1 atom stereocenters. The Bertz CT molecular complexity index is 983. The summed E-state index contributed by atoms with van der Waals surface area (Å²) < 4.78 is 7.08. The molecular weight excluding hydrogens is 365 g/mol. The molecule has 3 rings (SSSR count). The molecule has 0 radical (unpaired) electrons. The Kier molecular flexibility index (Phi) is 6.08. The Morgan fingerprint density at radius 2 is 2.11 bits per heavy atom. The molecule has 0 spiro atoms. The van der Waals surface area contributed by atoms with E-state index < -0.39 is 8.15 Å². The number of nitrogens with one attached hydrogen (secondary N) is 1. The second-order valence-corrected chi connectivity index (χ2v) is 8.08. The highest BCUT2D eigenvalue weighted by molar-refractivity contribution is 7.49. The lowest BCUT2D eigenvalue weighted by molar-refractivity contribution is 0.286. The summed E-state index contributed by atoms with van der Waals surface area (Å²) in [6.07, 6.45) is 2.51. The van der Waals surface area contributed by atoms with E-state index in [0.717, 1.165) is 24.0 Å². The molecule has 0 fully saturated rings. The van der Waals surface area contributed by atoms with Crippen molar-refractivity contribution >= 4 is 25.1 Å². The Morgan fingerprint density at radius 1 is 1.33 bits per heavy atom. The molecule has 4 N–H and O–H groups in total. The van der Waals surface area contributed by atoms with Crippen LogP contribution in [-0.2, 0) is 12.7 Å². The zero-order valence-corrected chi connectivity index (χ0v) is 16.4. The van der Waals surface area contributed by atoms with Crippen LogP contribution in [0.15, 0.2) is 29.1 Å². The van der Waals surface area contributed by atoms with Crippen LogP contribution in [0.1, 0.15) is 30.9 Å². The Morgan fingerprint density at radius 3 is 2.85 bits per heavy atom. The Labute approximate surface area is 158 Å².